The maximum absolute atomic E-state index is 15.1. The molecular weight excluding hydrogens is 472 g/mol. The van der Waals surface area contributed by atoms with Crippen LogP contribution in [0.2, 0.25) is 0 Å². The third kappa shape index (κ3) is 4.36. The van der Waals surface area contributed by atoms with Crippen LogP contribution in [0.15, 0.2) is 71.5 Å². The molecule has 1 fully saturated rings. The van der Waals surface area contributed by atoms with Crippen molar-refractivity contribution in [1.82, 2.24) is 14.5 Å². The summed E-state index contributed by atoms with van der Waals surface area (Å²) in [4.78, 5) is 25.1. The van der Waals surface area contributed by atoms with E-state index in [-0.39, 0.29) is 23.5 Å². The zero-order chi connectivity index (χ0) is 26.3. The van der Waals surface area contributed by atoms with Gasteiger partial charge in [-0.2, -0.15) is 0 Å². The Morgan fingerprint density at radius 3 is 2.49 bits per heavy atom. The minimum atomic E-state index is -0.869. The Kier molecular flexibility index (Phi) is 6.48. The fourth-order valence-corrected chi connectivity index (χ4v) is 5.35. The predicted molar refractivity (Wildman–Crippen MR) is 141 cm³/mol. The van der Waals surface area contributed by atoms with Crippen LogP contribution in [0.4, 0.5) is 20.3 Å². The number of benzene rings is 2. The lowest BCUT2D eigenvalue weighted by Crippen LogP contribution is -2.57. The fraction of sp³-hybridized carbons (Fsp3) is 0.276. The van der Waals surface area contributed by atoms with E-state index >= 15 is 4.39 Å². The van der Waals surface area contributed by atoms with Crippen molar-refractivity contribution in [3.05, 3.63) is 111 Å². The van der Waals surface area contributed by atoms with Crippen molar-refractivity contribution in [1.29, 1.82) is 0 Å². The van der Waals surface area contributed by atoms with Crippen LogP contribution >= 0.6 is 0 Å². The SMILES string of the molecule is [C-]#[N+]c1ccc2c(n1)c(N1C[C@@H](C)N(C(c3ccccc3)c3cccc(F)c3F)C[C@@H]1C)cc(=O)n2C. The van der Waals surface area contributed by atoms with Crippen molar-refractivity contribution < 1.29 is 8.78 Å². The molecule has 1 aliphatic heterocycles. The summed E-state index contributed by atoms with van der Waals surface area (Å²) in [5, 5.41) is 0. The van der Waals surface area contributed by atoms with Gasteiger partial charge in [0, 0.05) is 43.9 Å². The van der Waals surface area contributed by atoms with Crippen LogP contribution < -0.4 is 10.5 Å². The summed E-state index contributed by atoms with van der Waals surface area (Å²) in [5.74, 6) is -1.45. The third-order valence-corrected chi connectivity index (χ3v) is 7.24. The van der Waals surface area contributed by atoms with Gasteiger partial charge in [0.2, 0.25) is 5.52 Å². The summed E-state index contributed by atoms with van der Waals surface area (Å²) in [5.41, 5.74) is 2.94. The molecule has 3 atom stereocenters. The highest BCUT2D eigenvalue weighted by molar-refractivity contribution is 5.89. The van der Waals surface area contributed by atoms with Crippen molar-refractivity contribution in [2.24, 2.45) is 7.05 Å². The number of anilines is 1. The second kappa shape index (κ2) is 9.75. The van der Waals surface area contributed by atoms with Gasteiger partial charge >= 0.3 is 0 Å². The molecule has 0 aliphatic carbocycles. The van der Waals surface area contributed by atoms with Gasteiger partial charge in [0.25, 0.3) is 11.4 Å². The van der Waals surface area contributed by atoms with Gasteiger partial charge in [-0.3, -0.25) is 9.69 Å². The average Bonchev–Trinajstić information content (AvgIpc) is 2.91. The first-order valence-electron chi connectivity index (χ1n) is 12.2. The highest BCUT2D eigenvalue weighted by Crippen LogP contribution is 2.37. The van der Waals surface area contributed by atoms with E-state index in [9.17, 15) is 9.18 Å². The molecule has 2 aromatic heterocycles. The molecular formula is C29H27F2N5O. The summed E-state index contributed by atoms with van der Waals surface area (Å²) in [7, 11) is 1.69. The van der Waals surface area contributed by atoms with Gasteiger partial charge in [0.15, 0.2) is 11.6 Å². The summed E-state index contributed by atoms with van der Waals surface area (Å²) < 4.78 is 30.9. The molecule has 1 aliphatic rings. The molecule has 8 heteroatoms. The molecule has 0 N–H and O–H groups in total. The molecule has 37 heavy (non-hydrogen) atoms. The fourth-order valence-electron chi connectivity index (χ4n) is 5.35. The maximum Gasteiger partial charge on any atom is 0.270 e. The topological polar surface area (TPSA) is 45.7 Å². The van der Waals surface area contributed by atoms with E-state index in [0.717, 1.165) is 11.6 Å². The van der Waals surface area contributed by atoms with E-state index in [1.54, 1.807) is 37.4 Å². The number of nitrogens with zero attached hydrogens (tertiary/aromatic N) is 5. The van der Waals surface area contributed by atoms with Crippen molar-refractivity contribution >= 4 is 22.5 Å². The Bertz CT molecular complexity index is 1560. The molecule has 0 spiro atoms. The van der Waals surface area contributed by atoms with Gasteiger partial charge in [-0.05, 0) is 37.6 Å². The third-order valence-electron chi connectivity index (χ3n) is 7.24. The lowest BCUT2D eigenvalue weighted by atomic mass is 9.93. The van der Waals surface area contributed by atoms with Crippen LogP contribution in [0.5, 0.6) is 0 Å². The van der Waals surface area contributed by atoms with Crippen molar-refractivity contribution in [2.45, 2.75) is 32.0 Å². The van der Waals surface area contributed by atoms with Crippen LogP contribution in [-0.2, 0) is 7.05 Å². The molecule has 3 heterocycles. The van der Waals surface area contributed by atoms with Gasteiger partial charge in [-0.15, -0.1) is 4.98 Å². The van der Waals surface area contributed by atoms with Gasteiger partial charge in [0.05, 0.1) is 17.2 Å². The zero-order valence-corrected chi connectivity index (χ0v) is 20.9. The number of aromatic nitrogens is 2. The van der Waals surface area contributed by atoms with Gasteiger partial charge < -0.3 is 14.3 Å². The molecule has 0 bridgehead atoms. The van der Waals surface area contributed by atoms with Gasteiger partial charge in [0.1, 0.15) is 0 Å². The van der Waals surface area contributed by atoms with Crippen LogP contribution in [0, 0.1) is 18.2 Å². The number of fused-ring (bicyclic) bond motifs is 1. The number of piperazine rings is 1. The molecule has 0 radical (unpaired) electrons. The Hall–Kier alpha value is -4.09. The van der Waals surface area contributed by atoms with Crippen LogP contribution in [0.1, 0.15) is 31.0 Å². The molecule has 0 saturated carbocycles. The second-order valence-corrected chi connectivity index (χ2v) is 9.58. The Labute approximate surface area is 214 Å². The lowest BCUT2D eigenvalue weighted by Gasteiger charge is -2.48. The monoisotopic (exact) mass is 499 g/mol. The van der Waals surface area contributed by atoms with E-state index in [1.165, 1.54) is 4.57 Å². The van der Waals surface area contributed by atoms with E-state index in [0.29, 0.717) is 35.4 Å². The normalized spacial score (nSPS) is 19.1. The minimum Gasteiger partial charge on any atom is -0.362 e. The number of hydrogen-bond acceptors (Lipinski definition) is 4. The Morgan fingerprint density at radius 2 is 1.76 bits per heavy atom. The molecule has 1 unspecified atom stereocenters. The molecule has 5 rings (SSSR count). The standard InChI is InChI=1S/C29H27F2N5O/c1-18-17-36(29(20-9-6-5-7-10-20)21-11-8-12-22(30)27(21)31)19(2)16-35(18)24-15-26(37)34(4)23-13-14-25(32-3)33-28(23)24/h5-15,18-19,29H,16-17H2,1-2,4H3/t18-,19+,29?/m0/s1. The maximum atomic E-state index is 15.1. The molecule has 0 amide bonds. The number of hydrogen-bond donors (Lipinski definition) is 0. The van der Waals surface area contributed by atoms with Crippen molar-refractivity contribution in [3.8, 4) is 0 Å². The molecule has 4 aromatic rings. The van der Waals surface area contributed by atoms with E-state index in [2.05, 4.69) is 19.6 Å². The summed E-state index contributed by atoms with van der Waals surface area (Å²) in [6.45, 7) is 12.6. The molecule has 6 nitrogen and oxygen atoms in total. The Balaban J connectivity index is 1.58. The van der Waals surface area contributed by atoms with Gasteiger partial charge in [-0.1, -0.05) is 49.0 Å². The highest BCUT2D eigenvalue weighted by Gasteiger charge is 2.37. The summed E-state index contributed by atoms with van der Waals surface area (Å²) in [6.07, 6.45) is 0. The first-order valence-corrected chi connectivity index (χ1v) is 12.2. The summed E-state index contributed by atoms with van der Waals surface area (Å²) in [6, 6.07) is 18.2. The molecule has 2 aromatic carbocycles. The van der Waals surface area contributed by atoms with E-state index in [1.807, 2.05) is 44.2 Å². The quantitative estimate of drug-likeness (QED) is 0.350. The molecule has 1 saturated heterocycles. The van der Waals surface area contributed by atoms with E-state index in [4.69, 9.17) is 6.57 Å². The highest BCUT2D eigenvalue weighted by atomic mass is 19.2. The zero-order valence-electron chi connectivity index (χ0n) is 20.9. The minimum absolute atomic E-state index is 0.0762. The largest absolute Gasteiger partial charge is 0.362 e. The molecule has 188 valence electrons. The first-order chi connectivity index (χ1) is 17.8. The number of halogens is 2. The number of aryl methyl sites for hydroxylation is 1. The number of rotatable bonds is 4. The summed E-state index contributed by atoms with van der Waals surface area (Å²) >= 11 is 0. The smallest absolute Gasteiger partial charge is 0.270 e. The lowest BCUT2D eigenvalue weighted by molar-refractivity contribution is 0.127. The second-order valence-electron chi connectivity index (χ2n) is 9.58. The van der Waals surface area contributed by atoms with E-state index < -0.39 is 17.7 Å². The van der Waals surface area contributed by atoms with Crippen molar-refractivity contribution in [2.75, 3.05) is 18.0 Å². The van der Waals surface area contributed by atoms with Crippen LogP contribution in [0.3, 0.4) is 0 Å². The number of pyridine rings is 2. The average molecular weight is 500 g/mol. The van der Waals surface area contributed by atoms with Crippen LogP contribution in [0.25, 0.3) is 15.9 Å². The van der Waals surface area contributed by atoms with Crippen LogP contribution in [-0.4, -0.2) is 39.6 Å². The Morgan fingerprint density at radius 1 is 1.00 bits per heavy atom. The van der Waals surface area contributed by atoms with Crippen molar-refractivity contribution in [3.63, 3.8) is 0 Å². The van der Waals surface area contributed by atoms with Gasteiger partial charge in [-0.25, -0.2) is 8.78 Å². The first kappa shape index (κ1) is 24.6. The predicted octanol–water partition coefficient (Wildman–Crippen LogP) is 5.45.